The Kier molecular flexibility index (Phi) is 9.03. The first-order valence-corrected chi connectivity index (χ1v) is 12.8. The fourth-order valence-corrected chi connectivity index (χ4v) is 4.92. The van der Waals surface area contributed by atoms with Crippen molar-refractivity contribution in [2.75, 3.05) is 11.1 Å². The van der Waals surface area contributed by atoms with E-state index in [1.54, 1.807) is 30.5 Å². The zero-order valence-corrected chi connectivity index (χ0v) is 21.4. The SMILES string of the molecule is Fc1cc(F)cc(S)c1.O=C(O)c1ccc(COc2cc3c(cc2NCc2ccccn2)CCS3)cc1. The van der Waals surface area contributed by atoms with Gasteiger partial charge in [0.1, 0.15) is 24.0 Å². The number of hydrogen-bond acceptors (Lipinski definition) is 6. The summed E-state index contributed by atoms with van der Waals surface area (Å²) in [6.45, 7) is 0.998. The number of halogens is 2. The van der Waals surface area contributed by atoms with Gasteiger partial charge in [-0.3, -0.25) is 4.98 Å². The maximum absolute atomic E-state index is 12.1. The van der Waals surface area contributed by atoms with Gasteiger partial charge in [-0.25, -0.2) is 13.6 Å². The number of carboxylic acid groups (broad SMARTS) is 1. The van der Waals surface area contributed by atoms with Crippen molar-refractivity contribution in [3.8, 4) is 5.75 Å². The van der Waals surface area contributed by atoms with Gasteiger partial charge in [0.05, 0.1) is 23.5 Å². The number of carbonyl (C=O) groups is 1. The average Bonchev–Trinajstić information content (AvgIpc) is 3.33. The first-order valence-electron chi connectivity index (χ1n) is 11.4. The van der Waals surface area contributed by atoms with Gasteiger partial charge in [0.2, 0.25) is 0 Å². The number of thioether (sulfide) groups is 1. The predicted octanol–water partition coefficient (Wildman–Crippen LogP) is 6.87. The molecule has 5 nitrogen and oxygen atoms in total. The third-order valence-corrected chi connectivity index (χ3v) is 6.78. The summed E-state index contributed by atoms with van der Waals surface area (Å²) in [6, 6.07) is 20.0. The van der Waals surface area contributed by atoms with E-state index < -0.39 is 17.6 Å². The number of rotatable bonds is 7. The van der Waals surface area contributed by atoms with Crippen LogP contribution in [0.15, 0.2) is 88.8 Å². The summed E-state index contributed by atoms with van der Waals surface area (Å²) in [7, 11) is 0. The molecular weight excluding hydrogens is 514 g/mol. The Labute approximate surface area is 223 Å². The topological polar surface area (TPSA) is 71.5 Å². The number of anilines is 1. The summed E-state index contributed by atoms with van der Waals surface area (Å²) in [5, 5.41) is 12.5. The number of carboxylic acids is 1. The molecule has 190 valence electrons. The fourth-order valence-electron chi connectivity index (χ4n) is 3.60. The van der Waals surface area contributed by atoms with Crippen LogP contribution in [-0.2, 0) is 19.6 Å². The van der Waals surface area contributed by atoms with Crippen LogP contribution in [0.4, 0.5) is 14.5 Å². The zero-order valence-electron chi connectivity index (χ0n) is 19.7. The van der Waals surface area contributed by atoms with Gasteiger partial charge in [-0.15, -0.1) is 24.4 Å². The van der Waals surface area contributed by atoms with E-state index in [-0.39, 0.29) is 5.56 Å². The normalized spacial score (nSPS) is 11.8. The van der Waals surface area contributed by atoms with E-state index in [9.17, 15) is 13.6 Å². The van der Waals surface area contributed by atoms with Crippen LogP contribution in [0.3, 0.4) is 0 Å². The summed E-state index contributed by atoms with van der Waals surface area (Å²) in [5.74, 6) is -0.231. The molecule has 0 radical (unpaired) electrons. The average molecular weight is 539 g/mol. The van der Waals surface area contributed by atoms with Crippen LogP contribution in [0.5, 0.6) is 5.75 Å². The van der Waals surface area contributed by atoms with Gasteiger partial charge in [-0.05, 0) is 66.1 Å². The largest absolute Gasteiger partial charge is 0.487 e. The molecule has 9 heteroatoms. The minimum Gasteiger partial charge on any atom is -0.487 e. The summed E-state index contributed by atoms with van der Waals surface area (Å²) < 4.78 is 30.4. The lowest BCUT2D eigenvalue weighted by atomic mass is 10.1. The molecule has 2 heterocycles. The number of benzene rings is 3. The van der Waals surface area contributed by atoms with Crippen molar-refractivity contribution in [1.29, 1.82) is 0 Å². The van der Waals surface area contributed by atoms with Crippen LogP contribution < -0.4 is 10.1 Å². The standard InChI is InChI=1S/C22H20N2O3S.C6H4F2S/c25-22(26)16-6-4-15(5-7-16)14-27-20-12-21-17(8-10-28-21)11-19(20)24-13-18-3-1-2-9-23-18;7-4-1-5(8)3-6(9)2-4/h1-7,9,11-12,24H,8,10,13-14H2,(H,25,26);1-3,9H. The van der Waals surface area contributed by atoms with Crippen LogP contribution in [0, 0.1) is 11.6 Å². The second-order valence-electron chi connectivity index (χ2n) is 8.15. The van der Waals surface area contributed by atoms with Crippen molar-refractivity contribution in [2.24, 2.45) is 0 Å². The lowest BCUT2D eigenvalue weighted by molar-refractivity contribution is 0.0697. The molecule has 1 aliphatic heterocycles. The first kappa shape index (κ1) is 26.5. The Hall–Kier alpha value is -3.56. The molecule has 3 aromatic carbocycles. The monoisotopic (exact) mass is 538 g/mol. The number of hydrogen-bond donors (Lipinski definition) is 3. The number of thiol groups is 1. The van der Waals surface area contributed by atoms with Crippen molar-refractivity contribution in [1.82, 2.24) is 4.98 Å². The van der Waals surface area contributed by atoms with Crippen LogP contribution in [-0.4, -0.2) is 21.8 Å². The Morgan fingerprint density at radius 2 is 1.81 bits per heavy atom. The van der Waals surface area contributed by atoms with Crippen LogP contribution >= 0.6 is 24.4 Å². The van der Waals surface area contributed by atoms with Gasteiger partial charge in [0.25, 0.3) is 0 Å². The molecule has 2 N–H and O–H groups in total. The molecule has 0 saturated carbocycles. The Morgan fingerprint density at radius 3 is 2.46 bits per heavy atom. The van der Waals surface area contributed by atoms with E-state index in [4.69, 9.17) is 9.84 Å². The highest BCUT2D eigenvalue weighted by atomic mass is 32.2. The molecule has 0 aliphatic carbocycles. The molecule has 1 aromatic heterocycles. The maximum Gasteiger partial charge on any atom is 0.335 e. The molecule has 0 saturated heterocycles. The molecule has 0 bridgehead atoms. The van der Waals surface area contributed by atoms with Gasteiger partial charge < -0.3 is 15.2 Å². The molecule has 0 atom stereocenters. The molecule has 1 aliphatic rings. The molecule has 37 heavy (non-hydrogen) atoms. The van der Waals surface area contributed by atoms with Gasteiger partial charge >= 0.3 is 5.97 Å². The highest BCUT2D eigenvalue weighted by molar-refractivity contribution is 7.99. The highest BCUT2D eigenvalue weighted by Crippen LogP contribution is 2.39. The summed E-state index contributed by atoms with van der Waals surface area (Å²) in [6.07, 6.45) is 2.85. The quantitative estimate of drug-likeness (QED) is 0.223. The molecule has 0 fully saturated rings. The second kappa shape index (κ2) is 12.6. The van der Waals surface area contributed by atoms with E-state index in [1.165, 1.54) is 10.5 Å². The van der Waals surface area contributed by atoms with Gasteiger partial charge in [0.15, 0.2) is 0 Å². The molecule has 0 unspecified atom stereocenters. The number of fused-ring (bicyclic) bond motifs is 1. The van der Waals surface area contributed by atoms with Crippen molar-refractivity contribution < 1.29 is 23.4 Å². The second-order valence-corrected chi connectivity index (χ2v) is 9.80. The van der Waals surface area contributed by atoms with Crippen LogP contribution in [0.1, 0.15) is 27.2 Å². The van der Waals surface area contributed by atoms with Crippen LogP contribution in [0.2, 0.25) is 0 Å². The molecule has 4 aromatic rings. The van der Waals surface area contributed by atoms with E-state index in [0.29, 0.717) is 18.0 Å². The summed E-state index contributed by atoms with van der Waals surface area (Å²) >= 11 is 5.59. The van der Waals surface area contributed by atoms with E-state index in [0.717, 1.165) is 53.1 Å². The predicted molar refractivity (Wildman–Crippen MR) is 144 cm³/mol. The molecule has 0 spiro atoms. The van der Waals surface area contributed by atoms with Crippen molar-refractivity contribution in [3.05, 3.63) is 113 Å². The molecular formula is C28H24F2N2O3S2. The Morgan fingerprint density at radius 1 is 1.05 bits per heavy atom. The van der Waals surface area contributed by atoms with Gasteiger partial charge in [0, 0.05) is 27.8 Å². The van der Waals surface area contributed by atoms with Crippen molar-refractivity contribution in [3.63, 3.8) is 0 Å². The van der Waals surface area contributed by atoms with Gasteiger partial charge in [-0.1, -0.05) is 18.2 Å². The maximum atomic E-state index is 12.1. The molecule has 0 amide bonds. The number of nitrogens with zero attached hydrogens (tertiary/aromatic N) is 1. The van der Waals surface area contributed by atoms with Crippen molar-refractivity contribution >= 4 is 36.0 Å². The number of nitrogens with one attached hydrogen (secondary N) is 1. The fraction of sp³-hybridized carbons (Fsp3) is 0.143. The van der Waals surface area contributed by atoms with Gasteiger partial charge in [-0.2, -0.15) is 0 Å². The number of pyridine rings is 1. The smallest absolute Gasteiger partial charge is 0.335 e. The summed E-state index contributed by atoms with van der Waals surface area (Å²) in [4.78, 5) is 16.9. The zero-order chi connectivity index (χ0) is 26.2. The number of ether oxygens (including phenoxy) is 1. The highest BCUT2D eigenvalue weighted by Gasteiger charge is 2.16. The van der Waals surface area contributed by atoms with E-state index >= 15 is 0 Å². The Bertz CT molecular complexity index is 1320. The number of aryl methyl sites for hydroxylation is 1. The van der Waals surface area contributed by atoms with E-state index in [2.05, 4.69) is 35.1 Å². The number of aromatic carboxylic acids is 1. The molecule has 5 rings (SSSR count). The third kappa shape index (κ3) is 7.71. The number of aromatic nitrogens is 1. The summed E-state index contributed by atoms with van der Waals surface area (Å²) in [5.41, 5.74) is 4.46. The minimum atomic E-state index is -0.927. The lowest BCUT2D eigenvalue weighted by Gasteiger charge is -2.15. The van der Waals surface area contributed by atoms with Crippen LogP contribution in [0.25, 0.3) is 0 Å². The first-order chi connectivity index (χ1) is 17.9. The third-order valence-electron chi connectivity index (χ3n) is 5.42. The Balaban J connectivity index is 0.000000301. The van der Waals surface area contributed by atoms with Crippen molar-refractivity contribution in [2.45, 2.75) is 29.4 Å². The van der Waals surface area contributed by atoms with E-state index in [1.807, 2.05) is 30.0 Å². The lowest BCUT2D eigenvalue weighted by Crippen LogP contribution is -2.05. The minimum absolute atomic E-state index is 0.274.